The summed E-state index contributed by atoms with van der Waals surface area (Å²) in [5, 5.41) is 2.64. The average Bonchev–Trinajstić information content (AvgIpc) is 2.75. The fraction of sp³-hybridized carbons (Fsp3) is 0.476. The van der Waals surface area contributed by atoms with E-state index in [1.54, 1.807) is 13.0 Å². The van der Waals surface area contributed by atoms with E-state index in [1.165, 1.54) is 19.2 Å². The molecule has 0 aliphatic carbocycles. The summed E-state index contributed by atoms with van der Waals surface area (Å²) in [5.74, 6) is -0.307. The summed E-state index contributed by atoms with van der Waals surface area (Å²) < 4.78 is 29.5. The van der Waals surface area contributed by atoms with Crippen molar-refractivity contribution in [3.05, 3.63) is 45.6 Å². The predicted octanol–water partition coefficient (Wildman–Crippen LogP) is 1.65. The number of anilines is 2. The SMILES string of the molecule is COCCOc1ccc(NC(=O)CCc2c(C)nc(N3CCOCC3)[nH]c2=O)cc1F. The van der Waals surface area contributed by atoms with E-state index >= 15 is 0 Å². The molecule has 2 heterocycles. The summed E-state index contributed by atoms with van der Waals surface area (Å²) in [5.41, 5.74) is 1.10. The number of halogens is 1. The molecule has 0 radical (unpaired) electrons. The topological polar surface area (TPSA) is 106 Å². The third-order valence-corrected chi connectivity index (χ3v) is 4.88. The van der Waals surface area contributed by atoms with Crippen LogP contribution in [-0.4, -0.2) is 62.5 Å². The fourth-order valence-electron chi connectivity index (χ4n) is 3.21. The van der Waals surface area contributed by atoms with Gasteiger partial charge in [-0.2, -0.15) is 0 Å². The number of ether oxygens (including phenoxy) is 3. The maximum atomic E-state index is 14.1. The zero-order valence-electron chi connectivity index (χ0n) is 17.7. The molecule has 0 atom stereocenters. The van der Waals surface area contributed by atoms with Crippen LogP contribution >= 0.6 is 0 Å². The molecular formula is C21H27FN4O5. The Hall–Kier alpha value is -2.98. The number of H-pyrrole nitrogens is 1. The Morgan fingerprint density at radius 2 is 2.10 bits per heavy atom. The van der Waals surface area contributed by atoms with E-state index in [4.69, 9.17) is 14.2 Å². The fourth-order valence-corrected chi connectivity index (χ4v) is 3.21. The molecule has 0 unspecified atom stereocenters. The first-order chi connectivity index (χ1) is 15.0. The van der Waals surface area contributed by atoms with Crippen molar-refractivity contribution in [1.82, 2.24) is 9.97 Å². The number of nitrogens with one attached hydrogen (secondary N) is 2. The van der Waals surface area contributed by atoms with Crippen molar-refractivity contribution in [1.29, 1.82) is 0 Å². The lowest BCUT2D eigenvalue weighted by Crippen LogP contribution is -2.38. The zero-order chi connectivity index (χ0) is 22.2. The second-order valence-corrected chi connectivity index (χ2v) is 7.09. The van der Waals surface area contributed by atoms with E-state index in [1.807, 2.05) is 4.90 Å². The van der Waals surface area contributed by atoms with Gasteiger partial charge in [0.25, 0.3) is 5.56 Å². The van der Waals surface area contributed by atoms with Crippen LogP contribution in [0.2, 0.25) is 0 Å². The molecule has 1 fully saturated rings. The number of morpholine rings is 1. The van der Waals surface area contributed by atoms with Crippen LogP contribution in [-0.2, 0) is 20.7 Å². The monoisotopic (exact) mass is 434 g/mol. The lowest BCUT2D eigenvalue weighted by molar-refractivity contribution is -0.116. The zero-order valence-corrected chi connectivity index (χ0v) is 17.7. The van der Waals surface area contributed by atoms with Gasteiger partial charge in [0.15, 0.2) is 11.6 Å². The van der Waals surface area contributed by atoms with Gasteiger partial charge >= 0.3 is 0 Å². The van der Waals surface area contributed by atoms with Crippen LogP contribution in [0.5, 0.6) is 5.75 Å². The number of benzene rings is 1. The number of aryl methyl sites for hydroxylation is 1. The highest BCUT2D eigenvalue weighted by Gasteiger charge is 2.17. The Kier molecular flexibility index (Phi) is 7.96. The van der Waals surface area contributed by atoms with Gasteiger partial charge in [0.05, 0.1) is 19.8 Å². The minimum absolute atomic E-state index is 0.0657. The number of nitrogens with zero attached hydrogens (tertiary/aromatic N) is 2. The van der Waals surface area contributed by atoms with Crippen LogP contribution in [0.25, 0.3) is 0 Å². The minimum Gasteiger partial charge on any atom is -0.488 e. The molecule has 1 aliphatic rings. The van der Waals surface area contributed by atoms with Crippen LogP contribution in [0, 0.1) is 12.7 Å². The van der Waals surface area contributed by atoms with Crippen molar-refractivity contribution in [3.8, 4) is 5.75 Å². The van der Waals surface area contributed by atoms with Crippen molar-refractivity contribution >= 4 is 17.5 Å². The molecule has 0 saturated carbocycles. The second kappa shape index (κ2) is 10.9. The maximum absolute atomic E-state index is 14.1. The van der Waals surface area contributed by atoms with Crippen LogP contribution < -0.4 is 20.5 Å². The molecule has 0 spiro atoms. The second-order valence-electron chi connectivity index (χ2n) is 7.09. The van der Waals surface area contributed by atoms with Crippen LogP contribution in [0.1, 0.15) is 17.7 Å². The lowest BCUT2D eigenvalue weighted by atomic mass is 10.1. The molecule has 1 aliphatic heterocycles. The Balaban J connectivity index is 1.57. The molecule has 2 aromatic rings. The molecule has 3 rings (SSSR count). The number of carbonyl (C=O) groups excluding carboxylic acids is 1. The van der Waals surface area contributed by atoms with E-state index in [-0.39, 0.29) is 36.7 Å². The molecule has 10 heteroatoms. The van der Waals surface area contributed by atoms with Gasteiger partial charge in [-0.3, -0.25) is 14.6 Å². The van der Waals surface area contributed by atoms with E-state index in [2.05, 4.69) is 15.3 Å². The van der Waals surface area contributed by atoms with Crippen molar-refractivity contribution in [2.24, 2.45) is 0 Å². The molecule has 1 amide bonds. The summed E-state index contributed by atoms with van der Waals surface area (Å²) in [6, 6.07) is 4.19. The minimum atomic E-state index is -0.580. The Labute approximate surface area is 179 Å². The smallest absolute Gasteiger partial charge is 0.255 e. The highest BCUT2D eigenvalue weighted by Crippen LogP contribution is 2.21. The largest absolute Gasteiger partial charge is 0.488 e. The number of hydrogen-bond acceptors (Lipinski definition) is 7. The first kappa shape index (κ1) is 22.7. The summed E-state index contributed by atoms with van der Waals surface area (Å²) in [4.78, 5) is 34.0. The Morgan fingerprint density at radius 1 is 1.32 bits per heavy atom. The van der Waals surface area contributed by atoms with Crippen LogP contribution in [0.4, 0.5) is 16.0 Å². The lowest BCUT2D eigenvalue weighted by Gasteiger charge is -2.27. The Bertz CT molecular complexity index is 959. The number of aromatic amines is 1. The van der Waals surface area contributed by atoms with Crippen molar-refractivity contribution in [2.75, 3.05) is 56.8 Å². The van der Waals surface area contributed by atoms with Gasteiger partial charge in [-0.25, -0.2) is 9.37 Å². The van der Waals surface area contributed by atoms with Crippen LogP contribution in [0.15, 0.2) is 23.0 Å². The van der Waals surface area contributed by atoms with Gasteiger partial charge in [-0.15, -0.1) is 0 Å². The van der Waals surface area contributed by atoms with Gasteiger partial charge in [-0.05, 0) is 25.5 Å². The van der Waals surface area contributed by atoms with Crippen molar-refractivity contribution in [2.45, 2.75) is 19.8 Å². The normalized spacial score (nSPS) is 13.8. The van der Waals surface area contributed by atoms with Gasteiger partial charge < -0.3 is 24.4 Å². The third kappa shape index (κ3) is 6.25. The van der Waals surface area contributed by atoms with E-state index in [0.717, 1.165) is 0 Å². The predicted molar refractivity (Wildman–Crippen MR) is 113 cm³/mol. The molecule has 168 valence electrons. The number of carbonyl (C=O) groups is 1. The van der Waals surface area contributed by atoms with E-state index in [9.17, 15) is 14.0 Å². The molecule has 1 aromatic carbocycles. The summed E-state index contributed by atoms with van der Waals surface area (Å²) in [6.07, 6.45) is 0.292. The van der Waals surface area contributed by atoms with Crippen molar-refractivity contribution in [3.63, 3.8) is 0 Å². The van der Waals surface area contributed by atoms with Gasteiger partial charge in [0.1, 0.15) is 6.61 Å². The Morgan fingerprint density at radius 3 is 2.77 bits per heavy atom. The molecule has 1 aromatic heterocycles. The number of amides is 1. The highest BCUT2D eigenvalue weighted by atomic mass is 19.1. The number of methoxy groups -OCH3 is 1. The standard InChI is InChI=1S/C21H27FN4O5/c1-14-16(20(28)25-21(23-14)26-7-9-30-10-8-26)4-6-19(27)24-15-3-5-18(17(22)13-15)31-12-11-29-2/h3,5,13H,4,6-12H2,1-2H3,(H,24,27)(H,23,25,28). The summed E-state index contributed by atoms with van der Waals surface area (Å²) in [6.45, 7) is 4.83. The van der Waals surface area contributed by atoms with Crippen molar-refractivity contribution < 1.29 is 23.4 Å². The van der Waals surface area contributed by atoms with E-state index < -0.39 is 5.82 Å². The molecule has 31 heavy (non-hydrogen) atoms. The van der Waals surface area contributed by atoms with Gasteiger partial charge in [0, 0.05) is 49.6 Å². The number of hydrogen-bond donors (Lipinski definition) is 2. The highest BCUT2D eigenvalue weighted by molar-refractivity contribution is 5.90. The number of aromatic nitrogens is 2. The van der Waals surface area contributed by atoms with E-state index in [0.29, 0.717) is 55.8 Å². The maximum Gasteiger partial charge on any atom is 0.255 e. The first-order valence-electron chi connectivity index (χ1n) is 10.1. The molecular weight excluding hydrogens is 407 g/mol. The third-order valence-electron chi connectivity index (χ3n) is 4.88. The van der Waals surface area contributed by atoms with Crippen LogP contribution in [0.3, 0.4) is 0 Å². The average molecular weight is 434 g/mol. The summed E-state index contributed by atoms with van der Waals surface area (Å²) >= 11 is 0. The first-order valence-corrected chi connectivity index (χ1v) is 10.1. The number of rotatable bonds is 9. The molecule has 1 saturated heterocycles. The molecule has 9 nitrogen and oxygen atoms in total. The molecule has 0 bridgehead atoms. The quantitative estimate of drug-likeness (QED) is 0.578. The van der Waals surface area contributed by atoms with Gasteiger partial charge in [-0.1, -0.05) is 0 Å². The molecule has 2 N–H and O–H groups in total. The summed E-state index contributed by atoms with van der Waals surface area (Å²) in [7, 11) is 1.53. The van der Waals surface area contributed by atoms with Gasteiger partial charge in [0.2, 0.25) is 11.9 Å².